The molecule has 29 heavy (non-hydrogen) atoms. The molecule has 0 N–H and O–H groups in total. The molecule has 1 saturated heterocycles. The number of halogens is 2. The van der Waals surface area contributed by atoms with Crippen LogP contribution in [0.5, 0.6) is 0 Å². The van der Waals surface area contributed by atoms with Crippen molar-refractivity contribution in [3.05, 3.63) is 11.7 Å². The third-order valence-electron chi connectivity index (χ3n) is 5.65. The number of carbonyl (C=O) groups excluding carboxylic acids is 2. The normalized spacial score (nSPS) is 21.4. The van der Waals surface area contributed by atoms with Crippen LogP contribution in [0.1, 0.15) is 71.0 Å². The molecular weight excluding hydrogens is 386 g/mol. The first kappa shape index (κ1) is 21.4. The number of alkyl halides is 2. The molecular formula is C19H28F2N4O4. The van der Waals surface area contributed by atoms with E-state index in [0.717, 1.165) is 0 Å². The topological polar surface area (TPSA) is 88.8 Å². The summed E-state index contributed by atoms with van der Waals surface area (Å²) in [7, 11) is 1.65. The molecule has 8 nitrogen and oxygen atoms in total. The highest BCUT2D eigenvalue weighted by Gasteiger charge is 2.50. The highest BCUT2D eigenvalue weighted by atomic mass is 19.3. The van der Waals surface area contributed by atoms with Gasteiger partial charge in [0.15, 0.2) is 5.82 Å². The minimum atomic E-state index is -2.68. The standard InChI is InChI=1S/C19H28F2N4O4/c1-12(26)24(5)18(6-8-25(9-7-18)16(27)28-17(2,3)4)15-22-14(23-29-15)13-10-19(20,21)11-13/h13H,6-11H2,1-5H3. The van der Waals surface area contributed by atoms with Crippen molar-refractivity contribution in [2.75, 3.05) is 20.1 Å². The average Bonchev–Trinajstić information content (AvgIpc) is 3.07. The second-order valence-corrected chi connectivity index (χ2v) is 9.00. The van der Waals surface area contributed by atoms with Gasteiger partial charge in [-0.25, -0.2) is 13.6 Å². The fraction of sp³-hybridized carbons (Fsp3) is 0.789. The van der Waals surface area contributed by atoms with Gasteiger partial charge in [0.1, 0.15) is 11.1 Å². The molecule has 0 radical (unpaired) electrons. The number of ether oxygens (including phenoxy) is 1. The first-order valence-corrected chi connectivity index (χ1v) is 9.77. The summed E-state index contributed by atoms with van der Waals surface area (Å²) in [6.45, 7) is 7.51. The Bertz CT molecular complexity index is 773. The molecule has 2 heterocycles. The lowest BCUT2D eigenvalue weighted by atomic mass is 9.80. The third-order valence-corrected chi connectivity index (χ3v) is 5.65. The molecule has 3 rings (SSSR count). The van der Waals surface area contributed by atoms with Crippen molar-refractivity contribution in [2.45, 2.75) is 76.4 Å². The average molecular weight is 414 g/mol. The Labute approximate surface area is 168 Å². The van der Waals surface area contributed by atoms with Gasteiger partial charge >= 0.3 is 6.09 Å². The van der Waals surface area contributed by atoms with E-state index in [1.807, 2.05) is 0 Å². The van der Waals surface area contributed by atoms with Crippen LogP contribution >= 0.6 is 0 Å². The third kappa shape index (κ3) is 4.35. The van der Waals surface area contributed by atoms with Crippen molar-refractivity contribution >= 4 is 12.0 Å². The molecule has 0 aromatic carbocycles. The van der Waals surface area contributed by atoms with E-state index in [1.54, 1.807) is 32.7 Å². The van der Waals surface area contributed by atoms with Crippen LogP contribution < -0.4 is 0 Å². The van der Waals surface area contributed by atoms with E-state index in [0.29, 0.717) is 25.9 Å². The summed E-state index contributed by atoms with van der Waals surface area (Å²) in [6, 6.07) is 0. The molecule has 1 aliphatic heterocycles. The Hall–Kier alpha value is -2.26. The summed E-state index contributed by atoms with van der Waals surface area (Å²) >= 11 is 0. The van der Waals surface area contributed by atoms with Crippen LogP contribution in [0.15, 0.2) is 4.52 Å². The van der Waals surface area contributed by atoms with Gasteiger partial charge in [-0.15, -0.1) is 0 Å². The van der Waals surface area contributed by atoms with Crippen molar-refractivity contribution in [3.8, 4) is 0 Å². The number of carbonyl (C=O) groups is 2. The minimum absolute atomic E-state index is 0.189. The number of likely N-dealkylation sites (tertiary alicyclic amines) is 1. The van der Waals surface area contributed by atoms with Gasteiger partial charge in [0.05, 0.1) is 0 Å². The number of piperidine rings is 1. The number of rotatable bonds is 3. The number of aromatic nitrogens is 2. The van der Waals surface area contributed by atoms with Crippen LogP contribution in [-0.2, 0) is 15.1 Å². The van der Waals surface area contributed by atoms with E-state index in [-0.39, 0.29) is 30.5 Å². The van der Waals surface area contributed by atoms with E-state index >= 15 is 0 Å². The van der Waals surface area contributed by atoms with Gasteiger partial charge in [0.25, 0.3) is 5.89 Å². The molecule has 1 aliphatic carbocycles. The van der Waals surface area contributed by atoms with Gasteiger partial charge in [-0.3, -0.25) is 4.79 Å². The van der Waals surface area contributed by atoms with E-state index < -0.39 is 29.1 Å². The van der Waals surface area contributed by atoms with Gasteiger partial charge in [-0.05, 0) is 33.6 Å². The van der Waals surface area contributed by atoms with E-state index in [1.165, 1.54) is 11.8 Å². The molecule has 2 fully saturated rings. The highest BCUT2D eigenvalue weighted by molar-refractivity contribution is 5.74. The second kappa shape index (κ2) is 7.21. The smallest absolute Gasteiger partial charge is 0.410 e. The maximum atomic E-state index is 13.2. The Morgan fingerprint density at radius 2 is 1.83 bits per heavy atom. The molecule has 2 aliphatic rings. The van der Waals surface area contributed by atoms with E-state index in [9.17, 15) is 18.4 Å². The SMILES string of the molecule is CC(=O)N(C)C1(c2nc(C3CC(F)(F)C3)no2)CCN(C(=O)OC(C)(C)C)CC1. The van der Waals surface area contributed by atoms with Gasteiger partial charge in [0.2, 0.25) is 11.8 Å². The van der Waals surface area contributed by atoms with Crippen LogP contribution in [0.4, 0.5) is 13.6 Å². The number of hydrogen-bond donors (Lipinski definition) is 0. The van der Waals surface area contributed by atoms with Crippen molar-refractivity contribution < 1.29 is 27.6 Å². The highest BCUT2D eigenvalue weighted by Crippen LogP contribution is 2.48. The summed E-state index contributed by atoms with van der Waals surface area (Å²) in [5, 5.41) is 3.91. The number of nitrogens with zero attached hydrogens (tertiary/aromatic N) is 4. The lowest BCUT2D eigenvalue weighted by Crippen LogP contribution is -2.55. The molecule has 162 valence electrons. The van der Waals surface area contributed by atoms with E-state index in [2.05, 4.69) is 10.1 Å². The Morgan fingerprint density at radius 3 is 2.31 bits per heavy atom. The molecule has 0 atom stereocenters. The molecule has 0 unspecified atom stereocenters. The van der Waals surface area contributed by atoms with Crippen LogP contribution in [0.3, 0.4) is 0 Å². The molecule has 0 spiro atoms. The number of hydrogen-bond acceptors (Lipinski definition) is 6. The monoisotopic (exact) mass is 414 g/mol. The zero-order chi connectivity index (χ0) is 21.6. The lowest BCUT2D eigenvalue weighted by Gasteiger charge is -2.44. The van der Waals surface area contributed by atoms with Crippen molar-refractivity contribution in [1.29, 1.82) is 0 Å². The van der Waals surface area contributed by atoms with Gasteiger partial charge < -0.3 is 19.1 Å². The van der Waals surface area contributed by atoms with E-state index in [4.69, 9.17) is 9.26 Å². The molecule has 1 saturated carbocycles. The maximum Gasteiger partial charge on any atom is 0.410 e. The Balaban J connectivity index is 1.78. The predicted octanol–water partition coefficient (Wildman–Crippen LogP) is 3.29. The van der Waals surface area contributed by atoms with Crippen LogP contribution in [0.25, 0.3) is 0 Å². The molecule has 10 heteroatoms. The van der Waals surface area contributed by atoms with Gasteiger partial charge in [0, 0.05) is 45.8 Å². The second-order valence-electron chi connectivity index (χ2n) is 9.00. The largest absolute Gasteiger partial charge is 0.444 e. The first-order valence-electron chi connectivity index (χ1n) is 9.77. The van der Waals surface area contributed by atoms with Crippen LogP contribution in [0, 0.1) is 0 Å². The van der Waals surface area contributed by atoms with Crippen molar-refractivity contribution in [2.24, 2.45) is 0 Å². The van der Waals surface area contributed by atoms with Gasteiger partial charge in [-0.1, -0.05) is 5.16 Å². The summed E-state index contributed by atoms with van der Waals surface area (Å²) in [5.41, 5.74) is -1.49. The maximum absolute atomic E-state index is 13.2. The minimum Gasteiger partial charge on any atom is -0.444 e. The summed E-state index contributed by atoms with van der Waals surface area (Å²) in [6.07, 6.45) is -0.253. The molecule has 1 aromatic rings. The number of amides is 2. The van der Waals surface area contributed by atoms with Crippen molar-refractivity contribution in [3.63, 3.8) is 0 Å². The fourth-order valence-electron chi connectivity index (χ4n) is 3.81. The predicted molar refractivity (Wildman–Crippen MR) is 98.4 cm³/mol. The molecule has 1 aromatic heterocycles. The van der Waals surface area contributed by atoms with Crippen LogP contribution in [0.2, 0.25) is 0 Å². The Morgan fingerprint density at radius 1 is 1.24 bits per heavy atom. The Kier molecular flexibility index (Phi) is 5.33. The van der Waals surface area contributed by atoms with Gasteiger partial charge in [-0.2, -0.15) is 4.98 Å². The molecule has 2 amide bonds. The summed E-state index contributed by atoms with van der Waals surface area (Å²) < 4.78 is 37.3. The summed E-state index contributed by atoms with van der Waals surface area (Å²) in [5.74, 6) is -2.84. The zero-order valence-corrected chi connectivity index (χ0v) is 17.5. The first-order chi connectivity index (χ1) is 13.3. The zero-order valence-electron chi connectivity index (χ0n) is 17.5. The summed E-state index contributed by atoms with van der Waals surface area (Å²) in [4.78, 5) is 32.0. The quantitative estimate of drug-likeness (QED) is 0.754. The molecule has 0 bridgehead atoms. The lowest BCUT2D eigenvalue weighted by molar-refractivity contribution is -0.137. The fourth-order valence-corrected chi connectivity index (χ4v) is 3.81. The van der Waals surface area contributed by atoms with Crippen molar-refractivity contribution in [1.82, 2.24) is 19.9 Å². The van der Waals surface area contributed by atoms with Crippen LogP contribution in [-0.4, -0.2) is 63.6 Å².